The Hall–Kier alpha value is -1.31. The molecule has 24 heavy (non-hydrogen) atoms. The van der Waals surface area contributed by atoms with Gasteiger partial charge < -0.3 is 19.3 Å². The van der Waals surface area contributed by atoms with Crippen molar-refractivity contribution in [2.75, 3.05) is 46.2 Å². The summed E-state index contributed by atoms with van der Waals surface area (Å²) in [5.74, 6) is 0. The lowest BCUT2D eigenvalue weighted by Gasteiger charge is -2.07. The maximum Gasteiger partial charge on any atom is 0.0801 e. The molecule has 2 rings (SSSR count). The Bertz CT molecular complexity index is 571. The molecule has 0 radical (unpaired) electrons. The molecule has 0 spiro atoms. The second-order valence-electron chi connectivity index (χ2n) is 5.27. The van der Waals surface area contributed by atoms with Crippen LogP contribution in [0.1, 0.15) is 11.3 Å². The predicted octanol–water partition coefficient (Wildman–Crippen LogP) is 2.70. The molecule has 6 heteroatoms. The fourth-order valence-electron chi connectivity index (χ4n) is 2.20. The maximum absolute atomic E-state index is 8.55. The molecule has 1 heterocycles. The highest BCUT2D eigenvalue weighted by Gasteiger charge is 2.04. The van der Waals surface area contributed by atoms with Crippen molar-refractivity contribution in [2.24, 2.45) is 0 Å². The number of hydrogen-bond acceptors (Lipinski definition) is 6. The van der Waals surface area contributed by atoms with Gasteiger partial charge in [0.25, 0.3) is 0 Å². The second kappa shape index (κ2) is 11.3. The van der Waals surface area contributed by atoms with Crippen LogP contribution in [0.4, 0.5) is 0 Å². The molecule has 0 atom stereocenters. The fourth-order valence-corrected chi connectivity index (χ4v) is 3.01. The van der Waals surface area contributed by atoms with Crippen molar-refractivity contribution in [3.63, 3.8) is 0 Å². The molecule has 0 aliphatic heterocycles. The van der Waals surface area contributed by atoms with Gasteiger partial charge in [-0.3, -0.25) is 0 Å². The van der Waals surface area contributed by atoms with Crippen LogP contribution in [0.25, 0.3) is 10.4 Å². The molecule has 0 saturated heterocycles. The van der Waals surface area contributed by atoms with Crippen LogP contribution in [0.3, 0.4) is 0 Å². The number of aryl methyl sites for hydroxylation is 1. The van der Waals surface area contributed by atoms with Gasteiger partial charge in [-0.1, -0.05) is 24.3 Å². The van der Waals surface area contributed by atoms with E-state index >= 15 is 0 Å². The van der Waals surface area contributed by atoms with Crippen molar-refractivity contribution in [2.45, 2.75) is 13.3 Å². The molecule has 5 nitrogen and oxygen atoms in total. The first kappa shape index (κ1) is 19.0. The zero-order valence-electron chi connectivity index (χ0n) is 14.1. The minimum Gasteiger partial charge on any atom is -0.394 e. The van der Waals surface area contributed by atoms with E-state index in [1.165, 1.54) is 16.0 Å². The molecule has 0 aliphatic rings. The quantitative estimate of drug-likeness (QED) is 0.596. The van der Waals surface area contributed by atoms with Crippen LogP contribution in [-0.2, 0) is 20.6 Å². The summed E-state index contributed by atoms with van der Waals surface area (Å²) in [4.78, 5) is 5.52. The van der Waals surface area contributed by atoms with Crippen LogP contribution in [0.5, 0.6) is 0 Å². The Morgan fingerprint density at radius 2 is 1.54 bits per heavy atom. The van der Waals surface area contributed by atoms with Crippen molar-refractivity contribution in [1.29, 1.82) is 0 Å². The zero-order valence-corrected chi connectivity index (χ0v) is 14.9. The number of nitrogens with zero attached hydrogens (tertiary/aromatic N) is 1. The van der Waals surface area contributed by atoms with Gasteiger partial charge in [-0.25, -0.2) is 4.98 Å². The van der Waals surface area contributed by atoms with Crippen molar-refractivity contribution < 1.29 is 19.3 Å². The van der Waals surface area contributed by atoms with Crippen molar-refractivity contribution >= 4 is 11.3 Å². The predicted molar refractivity (Wildman–Crippen MR) is 95.5 cm³/mol. The third kappa shape index (κ3) is 6.67. The molecule has 132 valence electrons. The minimum absolute atomic E-state index is 0.0495. The van der Waals surface area contributed by atoms with Crippen molar-refractivity contribution in [1.82, 2.24) is 4.98 Å². The standard InChI is InChI=1S/C18H25NO4S/c1-15-18(24-14-19-15)17-4-2-16(3-5-17)6-8-21-10-12-23-13-11-22-9-7-20/h2-5,14,20H,6-13H2,1H3. The average molecular weight is 351 g/mol. The lowest BCUT2D eigenvalue weighted by Crippen LogP contribution is -2.11. The Balaban J connectivity index is 1.56. The summed E-state index contributed by atoms with van der Waals surface area (Å²) >= 11 is 1.67. The van der Waals surface area contributed by atoms with E-state index < -0.39 is 0 Å². The summed E-state index contributed by atoms with van der Waals surface area (Å²) in [5, 5.41) is 8.55. The van der Waals surface area contributed by atoms with Gasteiger partial charge >= 0.3 is 0 Å². The van der Waals surface area contributed by atoms with Crippen molar-refractivity contribution in [3.05, 3.63) is 41.0 Å². The molecule has 2 aromatic rings. The Labute approximate surface area is 147 Å². The lowest BCUT2D eigenvalue weighted by atomic mass is 10.1. The average Bonchev–Trinajstić information content (AvgIpc) is 3.03. The van der Waals surface area contributed by atoms with Crippen LogP contribution in [0, 0.1) is 6.92 Å². The first-order valence-electron chi connectivity index (χ1n) is 8.14. The van der Waals surface area contributed by atoms with Gasteiger partial charge in [-0.2, -0.15) is 0 Å². The van der Waals surface area contributed by atoms with Crippen LogP contribution in [0.2, 0.25) is 0 Å². The van der Waals surface area contributed by atoms with Gasteiger partial charge in [0.2, 0.25) is 0 Å². The maximum atomic E-state index is 8.55. The lowest BCUT2D eigenvalue weighted by molar-refractivity contribution is 0.00817. The number of aliphatic hydroxyl groups is 1. The molecule has 0 aliphatic carbocycles. The van der Waals surface area contributed by atoms with Gasteiger partial charge in [-0.15, -0.1) is 11.3 Å². The normalized spacial score (nSPS) is 11.1. The summed E-state index contributed by atoms with van der Waals surface area (Å²) in [6.45, 7) is 5.31. The molecule has 1 N–H and O–H groups in total. The molecule has 1 aromatic heterocycles. The minimum atomic E-state index is 0.0495. The number of hydrogen-bond donors (Lipinski definition) is 1. The van der Waals surface area contributed by atoms with Crippen molar-refractivity contribution in [3.8, 4) is 10.4 Å². The van der Waals surface area contributed by atoms with Gasteiger partial charge in [0.15, 0.2) is 0 Å². The van der Waals surface area contributed by atoms with E-state index in [4.69, 9.17) is 19.3 Å². The highest BCUT2D eigenvalue weighted by Crippen LogP contribution is 2.27. The number of aliphatic hydroxyl groups excluding tert-OH is 1. The number of rotatable bonds is 12. The second-order valence-corrected chi connectivity index (χ2v) is 6.13. The van der Waals surface area contributed by atoms with Crippen LogP contribution in [0.15, 0.2) is 29.8 Å². The first-order valence-corrected chi connectivity index (χ1v) is 9.02. The van der Waals surface area contributed by atoms with E-state index in [2.05, 4.69) is 29.2 Å². The third-order valence-corrected chi connectivity index (χ3v) is 4.45. The molecule has 0 saturated carbocycles. The monoisotopic (exact) mass is 351 g/mol. The van der Waals surface area contributed by atoms with Crippen LogP contribution < -0.4 is 0 Å². The highest BCUT2D eigenvalue weighted by atomic mass is 32.1. The van der Waals surface area contributed by atoms with E-state index in [0.29, 0.717) is 39.6 Å². The molecule has 0 bridgehead atoms. The molecular weight excluding hydrogens is 326 g/mol. The van der Waals surface area contributed by atoms with Crippen LogP contribution >= 0.6 is 11.3 Å². The summed E-state index contributed by atoms with van der Waals surface area (Å²) in [5.41, 5.74) is 5.45. The highest BCUT2D eigenvalue weighted by molar-refractivity contribution is 7.13. The van der Waals surface area contributed by atoms with Gasteiger partial charge in [0.05, 0.1) is 62.3 Å². The topological polar surface area (TPSA) is 60.8 Å². The smallest absolute Gasteiger partial charge is 0.0801 e. The number of thiazole rings is 1. The fraction of sp³-hybridized carbons (Fsp3) is 0.500. The summed E-state index contributed by atoms with van der Waals surface area (Å²) in [6.07, 6.45) is 0.890. The summed E-state index contributed by atoms with van der Waals surface area (Å²) < 4.78 is 16.0. The SMILES string of the molecule is Cc1ncsc1-c1ccc(CCOCCOCCOCCO)cc1. The van der Waals surface area contributed by atoms with E-state index in [0.717, 1.165) is 12.1 Å². The van der Waals surface area contributed by atoms with E-state index in [1.54, 1.807) is 11.3 Å². The molecule has 0 unspecified atom stereocenters. The van der Waals surface area contributed by atoms with E-state index in [1.807, 2.05) is 12.4 Å². The zero-order chi connectivity index (χ0) is 17.0. The number of aromatic nitrogens is 1. The van der Waals surface area contributed by atoms with Gasteiger partial charge in [-0.05, 0) is 24.5 Å². The van der Waals surface area contributed by atoms with Gasteiger partial charge in [0.1, 0.15) is 0 Å². The Morgan fingerprint density at radius 3 is 2.12 bits per heavy atom. The summed E-state index contributed by atoms with van der Waals surface area (Å²) in [7, 11) is 0. The molecule has 1 aromatic carbocycles. The number of ether oxygens (including phenoxy) is 3. The van der Waals surface area contributed by atoms with E-state index in [9.17, 15) is 0 Å². The Kier molecular flexibility index (Phi) is 8.94. The molecule has 0 fully saturated rings. The largest absolute Gasteiger partial charge is 0.394 e. The molecule has 0 amide bonds. The van der Waals surface area contributed by atoms with E-state index in [-0.39, 0.29) is 6.61 Å². The molecular formula is C18H25NO4S. The number of benzene rings is 1. The van der Waals surface area contributed by atoms with Crippen LogP contribution in [-0.4, -0.2) is 56.3 Å². The summed E-state index contributed by atoms with van der Waals surface area (Å²) in [6, 6.07) is 8.58. The van der Waals surface area contributed by atoms with Gasteiger partial charge in [0, 0.05) is 0 Å². The first-order chi connectivity index (χ1) is 11.8. The third-order valence-electron chi connectivity index (χ3n) is 3.48. The Morgan fingerprint density at radius 1 is 0.917 bits per heavy atom.